The fourth-order valence-electron chi connectivity index (χ4n) is 4.64. The average Bonchev–Trinajstić information content (AvgIpc) is 3.39. The van der Waals surface area contributed by atoms with Crippen molar-refractivity contribution in [2.75, 3.05) is 6.54 Å². The summed E-state index contributed by atoms with van der Waals surface area (Å²) in [6, 6.07) is 15.0. The second-order valence-electron chi connectivity index (χ2n) is 10.2. The molecule has 2 amide bonds. The Labute approximate surface area is 234 Å². The third-order valence-electron chi connectivity index (χ3n) is 6.98. The number of carbonyl (C=O) groups is 2. The summed E-state index contributed by atoms with van der Waals surface area (Å²) in [5, 5.41) is 9.37. The minimum atomic E-state index is -1.36. The number of amides is 2. The molecule has 0 bridgehead atoms. The molecule has 0 spiro atoms. The van der Waals surface area contributed by atoms with Crippen molar-refractivity contribution in [2.45, 2.75) is 45.4 Å². The lowest BCUT2D eigenvalue weighted by atomic mass is 9.94. The molecule has 4 aromatic rings. The number of hydrogen-bond acceptors (Lipinski definition) is 7. The fourth-order valence-corrected chi connectivity index (χ4v) is 5.52. The number of aromatic nitrogens is 3. The zero-order chi connectivity index (χ0) is 28.6. The number of halogens is 1. The molecule has 2 N–H and O–H groups in total. The fraction of sp³-hybridized carbons (Fsp3) is 0.276. The van der Waals surface area contributed by atoms with E-state index in [1.165, 1.54) is 39.1 Å². The van der Waals surface area contributed by atoms with Gasteiger partial charge in [0, 0.05) is 18.7 Å². The van der Waals surface area contributed by atoms with Gasteiger partial charge in [-0.25, -0.2) is 4.39 Å². The van der Waals surface area contributed by atoms with Crippen LogP contribution < -0.4 is 15.9 Å². The second-order valence-corrected chi connectivity index (χ2v) is 11.2. The molecule has 2 aromatic heterocycles. The molecule has 0 saturated carbocycles. The molecule has 2 aromatic carbocycles. The minimum Gasteiger partial charge on any atom is -0.483 e. The van der Waals surface area contributed by atoms with Crippen molar-refractivity contribution < 1.29 is 18.7 Å². The van der Waals surface area contributed by atoms with Gasteiger partial charge in [0.25, 0.3) is 5.91 Å². The van der Waals surface area contributed by atoms with Crippen molar-refractivity contribution in [3.05, 3.63) is 98.7 Å². The van der Waals surface area contributed by atoms with Crippen LogP contribution in [0.5, 0.6) is 5.75 Å². The number of primary amides is 1. The molecule has 206 valence electrons. The topological polar surface area (TPSA) is 120 Å². The summed E-state index contributed by atoms with van der Waals surface area (Å²) in [4.78, 5) is 42.0. The Balaban J connectivity index is 1.65. The lowest BCUT2D eigenvalue weighted by Crippen LogP contribution is -2.60. The van der Waals surface area contributed by atoms with E-state index in [1.807, 2.05) is 44.2 Å². The normalized spacial score (nSPS) is 16.7. The zero-order valence-electron chi connectivity index (χ0n) is 22.3. The molecule has 40 heavy (non-hydrogen) atoms. The van der Waals surface area contributed by atoms with Crippen LogP contribution in [0.25, 0.3) is 10.6 Å². The summed E-state index contributed by atoms with van der Waals surface area (Å²) in [6.45, 7) is 5.35. The van der Waals surface area contributed by atoms with Crippen LogP contribution in [0.4, 0.5) is 4.39 Å². The van der Waals surface area contributed by atoms with Crippen molar-refractivity contribution in [1.29, 1.82) is 0 Å². The molecule has 0 saturated heterocycles. The van der Waals surface area contributed by atoms with E-state index in [9.17, 15) is 18.8 Å². The highest BCUT2D eigenvalue weighted by molar-refractivity contribution is 7.14. The van der Waals surface area contributed by atoms with Gasteiger partial charge in [-0.15, -0.1) is 10.2 Å². The number of carbonyl (C=O) groups excluding carboxylic acids is 2. The minimum absolute atomic E-state index is 0.0260. The third kappa shape index (κ3) is 5.00. The number of benzene rings is 2. The molecule has 1 aliphatic rings. The second kappa shape index (κ2) is 10.6. The van der Waals surface area contributed by atoms with Gasteiger partial charge in [-0.05, 0) is 44.0 Å². The van der Waals surface area contributed by atoms with Crippen LogP contribution in [-0.4, -0.2) is 44.1 Å². The predicted molar refractivity (Wildman–Crippen MR) is 149 cm³/mol. The Morgan fingerprint density at radius 1 is 1.10 bits per heavy atom. The highest BCUT2D eigenvalue weighted by atomic mass is 32.1. The van der Waals surface area contributed by atoms with Crippen LogP contribution in [0, 0.1) is 5.82 Å². The van der Waals surface area contributed by atoms with Gasteiger partial charge in [0.05, 0.1) is 12.1 Å². The summed E-state index contributed by atoms with van der Waals surface area (Å²) in [6.07, 6.45) is 1.85. The quantitative estimate of drug-likeness (QED) is 0.350. The molecule has 11 heteroatoms. The monoisotopic (exact) mass is 561 g/mol. The summed E-state index contributed by atoms with van der Waals surface area (Å²) in [5.74, 6) is -1.62. The van der Waals surface area contributed by atoms with E-state index in [-0.39, 0.29) is 42.0 Å². The Morgan fingerprint density at radius 3 is 2.45 bits per heavy atom. The van der Waals surface area contributed by atoms with Crippen molar-refractivity contribution in [1.82, 2.24) is 19.7 Å². The van der Waals surface area contributed by atoms with E-state index in [0.29, 0.717) is 16.4 Å². The van der Waals surface area contributed by atoms with Crippen LogP contribution >= 0.6 is 11.3 Å². The lowest BCUT2D eigenvalue weighted by molar-refractivity contribution is -0.127. The predicted octanol–water partition coefficient (Wildman–Crippen LogP) is 3.74. The van der Waals surface area contributed by atoms with E-state index in [1.54, 1.807) is 19.1 Å². The van der Waals surface area contributed by atoms with E-state index < -0.39 is 22.8 Å². The molecule has 3 heterocycles. The summed E-state index contributed by atoms with van der Waals surface area (Å²) in [5.41, 5.74) is 5.72. The smallest absolute Gasteiger partial charge is 0.274 e. The van der Waals surface area contributed by atoms with E-state index in [0.717, 1.165) is 11.1 Å². The van der Waals surface area contributed by atoms with Gasteiger partial charge < -0.3 is 19.9 Å². The number of fused-ring (bicyclic) bond motifs is 1. The SMILES string of the molecule is CC(C)N1C[C@](C)(C(N)=O)n2cc(-c3nnc(Cc4ccc(F)cc4)s3)c(=O)c(OCc3ccccc3)c2C1=O. The Morgan fingerprint density at radius 2 is 1.80 bits per heavy atom. The van der Waals surface area contributed by atoms with Crippen LogP contribution in [0.3, 0.4) is 0 Å². The first-order valence-corrected chi connectivity index (χ1v) is 13.5. The van der Waals surface area contributed by atoms with Crippen LogP contribution in [0.15, 0.2) is 65.6 Å². The van der Waals surface area contributed by atoms with Crippen molar-refractivity contribution in [2.24, 2.45) is 5.73 Å². The molecule has 0 radical (unpaired) electrons. The number of ether oxygens (including phenoxy) is 1. The van der Waals surface area contributed by atoms with E-state index >= 15 is 0 Å². The maximum absolute atomic E-state index is 13.9. The largest absolute Gasteiger partial charge is 0.483 e. The van der Waals surface area contributed by atoms with Crippen molar-refractivity contribution >= 4 is 23.2 Å². The molecule has 0 fully saturated rings. The van der Waals surface area contributed by atoms with E-state index in [2.05, 4.69) is 10.2 Å². The lowest BCUT2D eigenvalue weighted by Gasteiger charge is -2.43. The van der Waals surface area contributed by atoms with Crippen molar-refractivity contribution in [3.8, 4) is 16.3 Å². The maximum Gasteiger partial charge on any atom is 0.274 e. The maximum atomic E-state index is 13.9. The van der Waals surface area contributed by atoms with Gasteiger partial charge in [0.15, 0.2) is 16.5 Å². The molecular weight excluding hydrogens is 533 g/mol. The zero-order valence-corrected chi connectivity index (χ0v) is 23.1. The van der Waals surface area contributed by atoms with Gasteiger partial charge in [-0.1, -0.05) is 53.8 Å². The molecular formula is C29H28FN5O4S. The van der Waals surface area contributed by atoms with Crippen LogP contribution in [-0.2, 0) is 23.4 Å². The number of hydrogen-bond donors (Lipinski definition) is 1. The summed E-state index contributed by atoms with van der Waals surface area (Å²) in [7, 11) is 0. The molecule has 0 aliphatic carbocycles. The van der Waals surface area contributed by atoms with Gasteiger partial charge in [-0.2, -0.15) is 0 Å². The highest BCUT2D eigenvalue weighted by Gasteiger charge is 2.46. The molecule has 5 rings (SSSR count). The average molecular weight is 562 g/mol. The Kier molecular flexibility index (Phi) is 7.24. The van der Waals surface area contributed by atoms with Gasteiger partial charge in [0.2, 0.25) is 11.3 Å². The number of nitrogens with two attached hydrogens (primary N) is 1. The molecule has 0 unspecified atom stereocenters. The number of nitrogens with zero attached hydrogens (tertiary/aromatic N) is 4. The van der Waals surface area contributed by atoms with E-state index in [4.69, 9.17) is 10.5 Å². The number of pyridine rings is 1. The van der Waals surface area contributed by atoms with Crippen molar-refractivity contribution in [3.63, 3.8) is 0 Å². The number of rotatable bonds is 8. The van der Waals surface area contributed by atoms with Crippen LogP contribution in [0.1, 0.15) is 47.4 Å². The van der Waals surface area contributed by atoms with Gasteiger partial charge >= 0.3 is 0 Å². The molecule has 1 atom stereocenters. The molecule has 9 nitrogen and oxygen atoms in total. The van der Waals surface area contributed by atoms with Crippen LogP contribution in [0.2, 0.25) is 0 Å². The first kappa shape index (κ1) is 27.2. The molecule has 1 aliphatic heterocycles. The summed E-state index contributed by atoms with van der Waals surface area (Å²) < 4.78 is 20.8. The Bertz CT molecular complexity index is 1630. The van der Waals surface area contributed by atoms with Gasteiger partial charge in [0.1, 0.15) is 23.0 Å². The first-order chi connectivity index (χ1) is 19.1. The standard InChI is InChI=1S/C29H28FN5O4S/c1-17(2)34-16-29(3,28(31)38)35-14-21(26-33-32-22(40-26)13-18-9-11-20(30)12-10-18)24(36)25(23(35)27(34)37)39-15-19-7-5-4-6-8-19/h4-12,14,17H,13,15-16H2,1-3H3,(H2,31,38)/t29-/m1/s1. The summed E-state index contributed by atoms with van der Waals surface area (Å²) >= 11 is 1.19. The van der Waals surface area contributed by atoms with Gasteiger partial charge in [-0.3, -0.25) is 14.4 Å². The highest BCUT2D eigenvalue weighted by Crippen LogP contribution is 2.35. The first-order valence-electron chi connectivity index (χ1n) is 12.7. The Hall–Kier alpha value is -4.38. The third-order valence-corrected chi connectivity index (χ3v) is 7.94.